The molecule has 114 valence electrons. The van der Waals surface area contributed by atoms with Crippen LogP contribution >= 0.6 is 11.3 Å². The fraction of sp³-hybridized carbons (Fsp3) is 0.333. The van der Waals surface area contributed by atoms with E-state index in [1.54, 1.807) is 11.4 Å². The van der Waals surface area contributed by atoms with Crippen molar-refractivity contribution < 1.29 is 23.1 Å². The molecular formula is C12H12F3N3O2S. The van der Waals surface area contributed by atoms with Gasteiger partial charge >= 0.3 is 12.1 Å². The van der Waals surface area contributed by atoms with Crippen LogP contribution in [0.15, 0.2) is 17.5 Å². The third-order valence-electron chi connectivity index (χ3n) is 2.83. The molecule has 0 saturated heterocycles. The number of halogens is 3. The van der Waals surface area contributed by atoms with Crippen LogP contribution in [0.3, 0.4) is 0 Å². The summed E-state index contributed by atoms with van der Waals surface area (Å²) in [5.74, 6) is -1.01. The number of aromatic nitrogens is 2. The molecule has 0 radical (unpaired) electrons. The first kappa shape index (κ1) is 15.5. The Labute approximate surface area is 122 Å². The van der Waals surface area contributed by atoms with Crippen molar-refractivity contribution in [1.82, 2.24) is 15.1 Å². The highest BCUT2D eigenvalue weighted by molar-refractivity contribution is 7.12. The summed E-state index contributed by atoms with van der Waals surface area (Å²) in [6.45, 7) is 0.423. The number of nitrogens with zero attached hydrogens (tertiary/aromatic N) is 2. The average Bonchev–Trinajstić information content (AvgIpc) is 2.96. The molecule has 0 amide bonds. The predicted molar refractivity (Wildman–Crippen MR) is 70.0 cm³/mol. The van der Waals surface area contributed by atoms with Crippen LogP contribution in [0.1, 0.15) is 26.6 Å². The van der Waals surface area contributed by atoms with Crippen LogP contribution in [0.2, 0.25) is 0 Å². The molecule has 2 aromatic rings. The number of carboxylic acids is 1. The van der Waals surface area contributed by atoms with Crippen LogP contribution in [-0.4, -0.2) is 20.9 Å². The van der Waals surface area contributed by atoms with Crippen LogP contribution in [0, 0.1) is 0 Å². The molecule has 5 nitrogen and oxygen atoms in total. The number of rotatable bonds is 5. The van der Waals surface area contributed by atoms with E-state index in [1.165, 1.54) is 7.05 Å². The molecule has 0 aliphatic rings. The van der Waals surface area contributed by atoms with Crippen molar-refractivity contribution in [2.75, 3.05) is 0 Å². The van der Waals surface area contributed by atoms with Crippen LogP contribution in [0.25, 0.3) is 0 Å². The molecule has 0 aromatic carbocycles. The van der Waals surface area contributed by atoms with Gasteiger partial charge in [-0.05, 0) is 23.1 Å². The van der Waals surface area contributed by atoms with Crippen molar-refractivity contribution in [3.05, 3.63) is 39.3 Å². The Bertz CT molecular complexity index is 648. The van der Waals surface area contributed by atoms with Crippen LogP contribution in [0.5, 0.6) is 0 Å². The lowest BCUT2D eigenvalue weighted by Gasteiger charge is -2.04. The van der Waals surface area contributed by atoms with Gasteiger partial charge in [0.1, 0.15) is 4.88 Å². The molecule has 2 rings (SSSR count). The second-order valence-electron chi connectivity index (χ2n) is 4.33. The SMILES string of the molecule is Cn1nc(C(F)(F)F)cc1CNCc1ccsc1C(=O)O. The fourth-order valence-electron chi connectivity index (χ4n) is 1.80. The Balaban J connectivity index is 1.99. The monoisotopic (exact) mass is 319 g/mol. The Morgan fingerprint density at radius 3 is 2.76 bits per heavy atom. The van der Waals surface area contributed by atoms with E-state index in [0.717, 1.165) is 22.1 Å². The summed E-state index contributed by atoms with van der Waals surface area (Å²) in [4.78, 5) is 11.2. The van der Waals surface area contributed by atoms with Gasteiger partial charge in [0.25, 0.3) is 0 Å². The molecule has 0 atom stereocenters. The molecule has 0 spiro atoms. The van der Waals surface area contributed by atoms with Gasteiger partial charge in [-0.3, -0.25) is 4.68 Å². The second-order valence-corrected chi connectivity index (χ2v) is 5.24. The highest BCUT2D eigenvalue weighted by atomic mass is 32.1. The lowest BCUT2D eigenvalue weighted by Crippen LogP contribution is -2.16. The summed E-state index contributed by atoms with van der Waals surface area (Å²) in [7, 11) is 1.43. The van der Waals surface area contributed by atoms with E-state index < -0.39 is 17.8 Å². The Kier molecular flexibility index (Phi) is 4.33. The quantitative estimate of drug-likeness (QED) is 0.888. The van der Waals surface area contributed by atoms with Crippen LogP contribution in [0.4, 0.5) is 13.2 Å². The van der Waals surface area contributed by atoms with Crippen molar-refractivity contribution in [3.8, 4) is 0 Å². The third kappa shape index (κ3) is 3.61. The van der Waals surface area contributed by atoms with E-state index in [-0.39, 0.29) is 18.0 Å². The largest absolute Gasteiger partial charge is 0.477 e. The van der Waals surface area contributed by atoms with E-state index >= 15 is 0 Å². The Morgan fingerprint density at radius 1 is 1.48 bits per heavy atom. The molecule has 2 aromatic heterocycles. The van der Waals surface area contributed by atoms with E-state index in [0.29, 0.717) is 11.3 Å². The maximum Gasteiger partial charge on any atom is 0.435 e. The zero-order chi connectivity index (χ0) is 15.6. The molecule has 2 heterocycles. The van der Waals surface area contributed by atoms with Gasteiger partial charge in [0.2, 0.25) is 0 Å². The standard InChI is InChI=1S/C12H12F3N3O2S/c1-18-8(4-9(17-18)12(13,14)15)6-16-5-7-2-3-21-10(7)11(19)20/h2-4,16H,5-6H2,1H3,(H,19,20). The highest BCUT2D eigenvalue weighted by Gasteiger charge is 2.34. The Morgan fingerprint density at radius 2 is 2.19 bits per heavy atom. The number of hydrogen-bond acceptors (Lipinski definition) is 4. The van der Waals surface area contributed by atoms with E-state index in [1.807, 2.05) is 0 Å². The first-order chi connectivity index (χ1) is 9.79. The van der Waals surface area contributed by atoms with Gasteiger partial charge in [0, 0.05) is 20.1 Å². The van der Waals surface area contributed by atoms with Gasteiger partial charge in [-0.15, -0.1) is 11.3 Å². The van der Waals surface area contributed by atoms with Crippen molar-refractivity contribution in [2.45, 2.75) is 19.3 Å². The van der Waals surface area contributed by atoms with Crippen molar-refractivity contribution in [1.29, 1.82) is 0 Å². The predicted octanol–water partition coefficient (Wildman–Crippen LogP) is 2.49. The molecule has 2 N–H and O–H groups in total. The minimum Gasteiger partial charge on any atom is -0.477 e. The molecule has 0 unspecified atom stereocenters. The van der Waals surface area contributed by atoms with Gasteiger partial charge < -0.3 is 10.4 Å². The second kappa shape index (κ2) is 5.86. The number of thiophene rings is 1. The molecule has 0 saturated carbocycles. The van der Waals surface area contributed by atoms with Crippen molar-refractivity contribution in [2.24, 2.45) is 7.05 Å². The normalized spacial score (nSPS) is 11.8. The van der Waals surface area contributed by atoms with E-state index in [2.05, 4.69) is 10.4 Å². The number of aromatic carboxylic acids is 1. The van der Waals surface area contributed by atoms with Gasteiger partial charge in [-0.1, -0.05) is 0 Å². The topological polar surface area (TPSA) is 67.2 Å². The number of aryl methyl sites for hydroxylation is 1. The fourth-order valence-corrected chi connectivity index (χ4v) is 2.56. The molecule has 0 aliphatic carbocycles. The van der Waals surface area contributed by atoms with E-state index in [9.17, 15) is 18.0 Å². The third-order valence-corrected chi connectivity index (χ3v) is 3.77. The maximum atomic E-state index is 12.5. The van der Waals surface area contributed by atoms with Gasteiger partial charge in [-0.25, -0.2) is 4.79 Å². The number of nitrogens with one attached hydrogen (secondary N) is 1. The lowest BCUT2D eigenvalue weighted by atomic mass is 10.2. The summed E-state index contributed by atoms with van der Waals surface area (Å²) in [6.07, 6.45) is -4.47. The molecule has 21 heavy (non-hydrogen) atoms. The van der Waals surface area contributed by atoms with Gasteiger partial charge in [-0.2, -0.15) is 18.3 Å². The average molecular weight is 319 g/mol. The molecule has 0 bridgehead atoms. The number of carbonyl (C=O) groups is 1. The minimum absolute atomic E-state index is 0.161. The summed E-state index contributed by atoms with van der Waals surface area (Å²) in [5.41, 5.74) is 0.0312. The van der Waals surface area contributed by atoms with Gasteiger partial charge in [0.05, 0.1) is 5.69 Å². The lowest BCUT2D eigenvalue weighted by molar-refractivity contribution is -0.141. The summed E-state index contributed by atoms with van der Waals surface area (Å²) < 4.78 is 38.7. The zero-order valence-corrected chi connectivity index (χ0v) is 11.8. The Hall–Kier alpha value is -1.87. The molecule has 0 aliphatic heterocycles. The molecular weight excluding hydrogens is 307 g/mol. The first-order valence-electron chi connectivity index (χ1n) is 5.89. The summed E-state index contributed by atoms with van der Waals surface area (Å²) in [5, 5.41) is 16.9. The molecule has 9 heteroatoms. The smallest absolute Gasteiger partial charge is 0.435 e. The van der Waals surface area contributed by atoms with Crippen LogP contribution < -0.4 is 5.32 Å². The van der Waals surface area contributed by atoms with E-state index in [4.69, 9.17) is 5.11 Å². The first-order valence-corrected chi connectivity index (χ1v) is 6.77. The minimum atomic E-state index is -4.47. The van der Waals surface area contributed by atoms with Crippen molar-refractivity contribution >= 4 is 17.3 Å². The van der Waals surface area contributed by atoms with Gasteiger partial charge in [0.15, 0.2) is 5.69 Å². The summed E-state index contributed by atoms with van der Waals surface area (Å²) in [6, 6.07) is 2.64. The number of carboxylic acid groups (broad SMARTS) is 1. The highest BCUT2D eigenvalue weighted by Crippen LogP contribution is 2.28. The number of alkyl halides is 3. The number of hydrogen-bond donors (Lipinski definition) is 2. The summed E-state index contributed by atoms with van der Waals surface area (Å²) >= 11 is 1.11. The zero-order valence-electron chi connectivity index (χ0n) is 10.9. The maximum absolute atomic E-state index is 12.5. The van der Waals surface area contributed by atoms with Crippen LogP contribution in [-0.2, 0) is 26.3 Å². The molecule has 0 fully saturated rings. The van der Waals surface area contributed by atoms with Crippen molar-refractivity contribution in [3.63, 3.8) is 0 Å².